The van der Waals surface area contributed by atoms with Crippen LogP contribution < -0.4 is 10.5 Å². The van der Waals surface area contributed by atoms with Gasteiger partial charge in [0.15, 0.2) is 5.75 Å². The topological polar surface area (TPSA) is 53.1 Å². The highest BCUT2D eigenvalue weighted by molar-refractivity contribution is 6.33. The lowest BCUT2D eigenvalue weighted by Crippen LogP contribution is -1.95. The number of aryl methyl sites for hydroxylation is 3. The summed E-state index contributed by atoms with van der Waals surface area (Å²) in [7, 11) is 1.89. The Morgan fingerprint density at radius 3 is 2.50 bits per heavy atom. The third-order valence-corrected chi connectivity index (χ3v) is 3.28. The first-order chi connectivity index (χ1) is 8.40. The van der Waals surface area contributed by atoms with E-state index in [-0.39, 0.29) is 0 Å². The smallest absolute Gasteiger partial charge is 0.171 e. The number of rotatable bonds is 2. The van der Waals surface area contributed by atoms with Crippen LogP contribution in [-0.4, -0.2) is 9.78 Å². The molecule has 0 saturated carbocycles. The van der Waals surface area contributed by atoms with E-state index in [9.17, 15) is 0 Å². The van der Waals surface area contributed by atoms with Crippen molar-refractivity contribution in [3.8, 4) is 11.5 Å². The molecule has 1 heterocycles. The van der Waals surface area contributed by atoms with Crippen molar-refractivity contribution in [1.82, 2.24) is 9.78 Å². The summed E-state index contributed by atoms with van der Waals surface area (Å²) >= 11 is 6.01. The van der Waals surface area contributed by atoms with Crippen LogP contribution in [0.25, 0.3) is 0 Å². The fourth-order valence-corrected chi connectivity index (χ4v) is 1.96. The Hall–Kier alpha value is -1.68. The van der Waals surface area contributed by atoms with Gasteiger partial charge in [0.2, 0.25) is 0 Å². The van der Waals surface area contributed by atoms with E-state index in [2.05, 4.69) is 5.10 Å². The van der Waals surface area contributed by atoms with Gasteiger partial charge in [-0.15, -0.1) is 0 Å². The summed E-state index contributed by atoms with van der Waals surface area (Å²) in [4.78, 5) is 0. The van der Waals surface area contributed by atoms with E-state index in [0.717, 1.165) is 22.7 Å². The number of hydrogen-bond donors (Lipinski definition) is 1. The Bertz CT molecular complexity index is 605. The van der Waals surface area contributed by atoms with E-state index in [1.165, 1.54) is 0 Å². The first-order valence-electron chi connectivity index (χ1n) is 5.64. The van der Waals surface area contributed by atoms with E-state index in [4.69, 9.17) is 22.1 Å². The largest absolute Gasteiger partial charge is 0.453 e. The van der Waals surface area contributed by atoms with Gasteiger partial charge in [-0.25, -0.2) is 0 Å². The number of benzene rings is 1. The van der Waals surface area contributed by atoms with Crippen LogP contribution in [0.15, 0.2) is 12.1 Å². The first kappa shape index (κ1) is 12.8. The lowest BCUT2D eigenvalue weighted by atomic mass is 10.2. The third kappa shape index (κ3) is 2.16. The Morgan fingerprint density at radius 1 is 1.28 bits per heavy atom. The maximum Gasteiger partial charge on any atom is 0.171 e. The molecule has 0 aliphatic rings. The lowest BCUT2D eigenvalue weighted by Gasteiger charge is -2.10. The average Bonchev–Trinajstić information content (AvgIpc) is 2.52. The number of halogens is 1. The van der Waals surface area contributed by atoms with Crippen molar-refractivity contribution in [2.75, 3.05) is 5.73 Å². The molecule has 0 saturated heterocycles. The van der Waals surface area contributed by atoms with Crippen LogP contribution in [0.2, 0.25) is 5.02 Å². The number of hydrogen-bond acceptors (Lipinski definition) is 3. The molecule has 0 radical (unpaired) electrons. The average molecular weight is 266 g/mol. The van der Waals surface area contributed by atoms with Crippen molar-refractivity contribution in [3.05, 3.63) is 34.1 Å². The van der Waals surface area contributed by atoms with Crippen LogP contribution in [0, 0.1) is 20.8 Å². The highest BCUT2D eigenvalue weighted by Gasteiger charge is 2.13. The number of ether oxygens (including phenoxy) is 1. The lowest BCUT2D eigenvalue weighted by molar-refractivity contribution is 0.470. The van der Waals surface area contributed by atoms with E-state index >= 15 is 0 Å². The van der Waals surface area contributed by atoms with Gasteiger partial charge in [0.05, 0.1) is 16.4 Å². The fourth-order valence-electron chi connectivity index (χ4n) is 1.81. The Kier molecular flexibility index (Phi) is 3.22. The second kappa shape index (κ2) is 4.53. The van der Waals surface area contributed by atoms with Gasteiger partial charge < -0.3 is 10.5 Å². The second-order valence-electron chi connectivity index (χ2n) is 4.36. The standard InChI is InChI=1S/C13H16ClN3O/c1-7-5-11(15)10(14)6-12(7)18-13-8(2)16-17(4)9(13)3/h5-6H,15H2,1-4H3. The molecule has 1 aromatic heterocycles. The van der Waals surface area contributed by atoms with Gasteiger partial charge in [-0.05, 0) is 32.4 Å². The fraction of sp³-hybridized carbons (Fsp3) is 0.308. The summed E-state index contributed by atoms with van der Waals surface area (Å²) in [6, 6.07) is 3.54. The number of nitrogen functional groups attached to an aromatic ring is 1. The van der Waals surface area contributed by atoms with Crippen molar-refractivity contribution in [3.63, 3.8) is 0 Å². The van der Waals surface area contributed by atoms with E-state index in [0.29, 0.717) is 16.5 Å². The molecule has 0 spiro atoms. The van der Waals surface area contributed by atoms with Gasteiger partial charge in [-0.1, -0.05) is 11.6 Å². The maximum atomic E-state index is 6.01. The van der Waals surface area contributed by atoms with Gasteiger partial charge in [0, 0.05) is 13.1 Å². The number of nitrogens with zero attached hydrogens (tertiary/aromatic N) is 2. The molecule has 0 fully saturated rings. The highest BCUT2D eigenvalue weighted by Crippen LogP contribution is 2.34. The van der Waals surface area contributed by atoms with E-state index < -0.39 is 0 Å². The monoisotopic (exact) mass is 265 g/mol. The summed E-state index contributed by atoms with van der Waals surface area (Å²) in [5.41, 5.74) is 9.07. The zero-order chi connectivity index (χ0) is 13.4. The minimum Gasteiger partial charge on any atom is -0.453 e. The zero-order valence-corrected chi connectivity index (χ0v) is 11.7. The van der Waals surface area contributed by atoms with Crippen LogP contribution in [0.3, 0.4) is 0 Å². The summed E-state index contributed by atoms with van der Waals surface area (Å²) in [5, 5.41) is 4.81. The Balaban J connectivity index is 2.43. The normalized spacial score (nSPS) is 10.7. The Labute approximate surface area is 111 Å². The van der Waals surface area contributed by atoms with Crippen molar-refractivity contribution in [2.24, 2.45) is 7.05 Å². The predicted octanol–water partition coefficient (Wildman–Crippen LogP) is 3.37. The molecule has 2 rings (SSSR count). The Morgan fingerprint density at radius 2 is 1.94 bits per heavy atom. The third-order valence-electron chi connectivity index (χ3n) is 2.95. The molecule has 18 heavy (non-hydrogen) atoms. The summed E-state index contributed by atoms with van der Waals surface area (Å²) in [5.74, 6) is 1.47. The molecular formula is C13H16ClN3O. The minimum absolute atomic E-state index is 0.495. The van der Waals surface area contributed by atoms with Crippen LogP contribution in [-0.2, 0) is 7.05 Å². The molecule has 96 valence electrons. The number of aromatic nitrogens is 2. The van der Waals surface area contributed by atoms with Crippen molar-refractivity contribution >= 4 is 17.3 Å². The molecule has 0 aliphatic heterocycles. The van der Waals surface area contributed by atoms with Crippen LogP contribution in [0.4, 0.5) is 5.69 Å². The summed E-state index contributed by atoms with van der Waals surface area (Å²) in [6.45, 7) is 5.81. The summed E-state index contributed by atoms with van der Waals surface area (Å²) in [6.07, 6.45) is 0. The van der Waals surface area contributed by atoms with Gasteiger partial charge in [-0.3, -0.25) is 4.68 Å². The second-order valence-corrected chi connectivity index (χ2v) is 4.77. The molecule has 0 unspecified atom stereocenters. The van der Waals surface area contributed by atoms with Crippen molar-refractivity contribution in [2.45, 2.75) is 20.8 Å². The van der Waals surface area contributed by atoms with Crippen LogP contribution in [0.5, 0.6) is 11.5 Å². The molecule has 0 bridgehead atoms. The maximum absolute atomic E-state index is 6.01. The predicted molar refractivity (Wildman–Crippen MR) is 73.4 cm³/mol. The molecule has 2 aromatic rings. The number of anilines is 1. The van der Waals surface area contributed by atoms with Gasteiger partial charge >= 0.3 is 0 Å². The number of nitrogens with two attached hydrogens (primary N) is 1. The quantitative estimate of drug-likeness (QED) is 0.847. The summed E-state index contributed by atoms with van der Waals surface area (Å²) < 4.78 is 7.69. The van der Waals surface area contributed by atoms with E-state index in [1.807, 2.05) is 27.8 Å². The molecule has 4 nitrogen and oxygen atoms in total. The SMILES string of the molecule is Cc1cc(N)c(Cl)cc1Oc1c(C)nn(C)c1C. The molecular weight excluding hydrogens is 250 g/mol. The van der Waals surface area contributed by atoms with Gasteiger partial charge in [0.25, 0.3) is 0 Å². The van der Waals surface area contributed by atoms with Gasteiger partial charge in [0.1, 0.15) is 11.4 Å². The van der Waals surface area contributed by atoms with Crippen LogP contribution >= 0.6 is 11.6 Å². The molecule has 0 amide bonds. The molecule has 1 aromatic carbocycles. The molecule has 5 heteroatoms. The van der Waals surface area contributed by atoms with Crippen molar-refractivity contribution < 1.29 is 4.74 Å². The minimum atomic E-state index is 0.495. The van der Waals surface area contributed by atoms with Gasteiger partial charge in [-0.2, -0.15) is 5.10 Å². The molecule has 0 atom stereocenters. The van der Waals surface area contributed by atoms with E-state index in [1.54, 1.807) is 16.8 Å². The molecule has 2 N–H and O–H groups in total. The first-order valence-corrected chi connectivity index (χ1v) is 6.01. The molecule has 0 aliphatic carbocycles. The highest BCUT2D eigenvalue weighted by atomic mass is 35.5. The zero-order valence-electron chi connectivity index (χ0n) is 10.9. The van der Waals surface area contributed by atoms with Crippen LogP contribution in [0.1, 0.15) is 17.0 Å². The van der Waals surface area contributed by atoms with Crippen molar-refractivity contribution in [1.29, 1.82) is 0 Å².